The van der Waals surface area contributed by atoms with Gasteiger partial charge in [0.25, 0.3) is 5.91 Å². The Morgan fingerprint density at radius 2 is 2.03 bits per heavy atom. The van der Waals surface area contributed by atoms with Gasteiger partial charge in [-0.05, 0) is 45.4 Å². The van der Waals surface area contributed by atoms with Crippen LogP contribution < -0.4 is 10.6 Å². The SMILES string of the molecule is C=C/C=C(\C=C)COCC1NC(=O)c2cc(-c3cccc4nc(C)c(NC(C)(C)C)nc34)[nH]c21. The molecule has 1 aliphatic rings. The van der Waals surface area contributed by atoms with Gasteiger partial charge in [0.15, 0.2) is 0 Å². The van der Waals surface area contributed by atoms with E-state index in [-0.39, 0.29) is 17.5 Å². The standard InChI is InChI=1S/C27H31N5O2/c1-7-10-17(8-2)14-34-15-22-24-19(26(33)30-22)13-21(29-24)18-11-9-12-20-23(18)31-25(16(3)28-20)32-27(4,5)6/h7-13,22,29H,1-2,14-15H2,3-6H3,(H,30,33)(H,31,32)/b17-10+. The third-order valence-corrected chi connectivity index (χ3v) is 5.55. The molecule has 1 aliphatic heterocycles. The molecule has 176 valence electrons. The molecule has 0 radical (unpaired) electrons. The molecule has 7 heteroatoms. The molecule has 0 bridgehead atoms. The zero-order valence-corrected chi connectivity index (χ0v) is 20.2. The predicted molar refractivity (Wildman–Crippen MR) is 137 cm³/mol. The van der Waals surface area contributed by atoms with Crippen molar-refractivity contribution in [1.82, 2.24) is 20.3 Å². The van der Waals surface area contributed by atoms with Crippen LogP contribution in [-0.4, -0.2) is 39.6 Å². The molecule has 3 heterocycles. The van der Waals surface area contributed by atoms with Gasteiger partial charge in [-0.25, -0.2) is 9.97 Å². The summed E-state index contributed by atoms with van der Waals surface area (Å²) in [6, 6.07) is 7.53. The lowest BCUT2D eigenvalue weighted by Gasteiger charge is -2.22. The minimum absolute atomic E-state index is 0.117. The Labute approximate surface area is 200 Å². The van der Waals surface area contributed by atoms with Crippen molar-refractivity contribution in [1.29, 1.82) is 0 Å². The van der Waals surface area contributed by atoms with Gasteiger partial charge in [-0.3, -0.25) is 4.79 Å². The first-order valence-electron chi connectivity index (χ1n) is 11.3. The van der Waals surface area contributed by atoms with Crippen LogP contribution in [0.25, 0.3) is 22.3 Å². The number of aromatic amines is 1. The Balaban J connectivity index is 1.65. The van der Waals surface area contributed by atoms with Crippen molar-refractivity contribution in [3.8, 4) is 11.3 Å². The number of aryl methyl sites for hydroxylation is 1. The number of H-pyrrole nitrogens is 1. The van der Waals surface area contributed by atoms with E-state index in [4.69, 9.17) is 14.7 Å². The van der Waals surface area contributed by atoms with E-state index in [1.165, 1.54) is 0 Å². The van der Waals surface area contributed by atoms with Crippen LogP contribution in [0, 0.1) is 6.92 Å². The third kappa shape index (κ3) is 4.79. The molecule has 1 atom stereocenters. The summed E-state index contributed by atoms with van der Waals surface area (Å²) in [5.41, 5.74) is 6.37. The molecule has 3 N–H and O–H groups in total. The fourth-order valence-corrected chi connectivity index (χ4v) is 3.99. The Morgan fingerprint density at radius 3 is 2.74 bits per heavy atom. The summed E-state index contributed by atoms with van der Waals surface area (Å²) in [6.07, 6.45) is 5.29. The Bertz CT molecular complexity index is 1300. The number of allylic oxidation sites excluding steroid dienone is 2. The number of amides is 1. The number of anilines is 1. The number of nitrogens with zero attached hydrogens (tertiary/aromatic N) is 2. The summed E-state index contributed by atoms with van der Waals surface area (Å²) >= 11 is 0. The van der Waals surface area contributed by atoms with Gasteiger partial charge in [-0.1, -0.05) is 43.5 Å². The zero-order valence-electron chi connectivity index (χ0n) is 20.2. The average molecular weight is 458 g/mol. The third-order valence-electron chi connectivity index (χ3n) is 5.55. The van der Waals surface area contributed by atoms with E-state index in [0.29, 0.717) is 18.8 Å². The van der Waals surface area contributed by atoms with Crippen molar-refractivity contribution in [2.45, 2.75) is 39.3 Å². The fourth-order valence-electron chi connectivity index (χ4n) is 3.99. The number of benzene rings is 1. The number of hydrogen-bond acceptors (Lipinski definition) is 5. The van der Waals surface area contributed by atoms with Crippen LogP contribution in [0.5, 0.6) is 0 Å². The molecule has 34 heavy (non-hydrogen) atoms. The lowest BCUT2D eigenvalue weighted by atomic mass is 10.1. The minimum atomic E-state index is -0.257. The number of aromatic nitrogens is 3. The minimum Gasteiger partial charge on any atom is -0.374 e. The van der Waals surface area contributed by atoms with Crippen LogP contribution in [0.1, 0.15) is 48.6 Å². The van der Waals surface area contributed by atoms with E-state index in [2.05, 4.69) is 49.5 Å². The van der Waals surface area contributed by atoms with Gasteiger partial charge in [0.1, 0.15) is 11.3 Å². The highest BCUT2D eigenvalue weighted by Gasteiger charge is 2.31. The van der Waals surface area contributed by atoms with Crippen molar-refractivity contribution < 1.29 is 9.53 Å². The highest BCUT2D eigenvalue weighted by atomic mass is 16.5. The summed E-state index contributed by atoms with van der Waals surface area (Å²) in [7, 11) is 0. The second-order valence-corrected chi connectivity index (χ2v) is 9.44. The smallest absolute Gasteiger partial charge is 0.253 e. The van der Waals surface area contributed by atoms with Crippen LogP contribution in [-0.2, 0) is 4.74 Å². The highest BCUT2D eigenvalue weighted by Crippen LogP contribution is 2.34. The molecule has 0 spiro atoms. The van der Waals surface area contributed by atoms with Gasteiger partial charge in [0, 0.05) is 16.8 Å². The number of carbonyl (C=O) groups excluding carboxylic acids is 1. The van der Waals surface area contributed by atoms with Gasteiger partial charge in [-0.2, -0.15) is 0 Å². The van der Waals surface area contributed by atoms with Gasteiger partial charge < -0.3 is 20.4 Å². The quantitative estimate of drug-likeness (QED) is 0.402. The molecule has 3 aromatic rings. The fraction of sp³-hybridized carbons (Fsp3) is 0.296. The Kier molecular flexibility index (Phi) is 6.39. The largest absolute Gasteiger partial charge is 0.374 e. The van der Waals surface area contributed by atoms with E-state index in [0.717, 1.165) is 45.1 Å². The molecule has 1 unspecified atom stereocenters. The van der Waals surface area contributed by atoms with Crippen molar-refractivity contribution in [3.63, 3.8) is 0 Å². The van der Waals surface area contributed by atoms with Crippen molar-refractivity contribution in [3.05, 3.63) is 78.2 Å². The van der Waals surface area contributed by atoms with Gasteiger partial charge in [-0.15, -0.1) is 0 Å². The zero-order chi connectivity index (χ0) is 24.5. The molecule has 0 aliphatic carbocycles. The van der Waals surface area contributed by atoms with Crippen LogP contribution >= 0.6 is 0 Å². The number of carbonyl (C=O) groups is 1. The molecule has 1 amide bonds. The lowest BCUT2D eigenvalue weighted by Crippen LogP contribution is -2.27. The maximum absolute atomic E-state index is 12.6. The molecule has 0 saturated carbocycles. The van der Waals surface area contributed by atoms with E-state index >= 15 is 0 Å². The normalized spacial score (nSPS) is 15.8. The van der Waals surface area contributed by atoms with Gasteiger partial charge in [0.05, 0.1) is 41.7 Å². The van der Waals surface area contributed by atoms with E-state index in [1.807, 2.05) is 37.3 Å². The summed E-state index contributed by atoms with van der Waals surface area (Å²) in [5.74, 6) is 0.634. The molecule has 7 nitrogen and oxygen atoms in total. The molecule has 0 saturated heterocycles. The molecule has 1 aromatic carbocycles. The van der Waals surface area contributed by atoms with Crippen LogP contribution in [0.15, 0.2) is 61.2 Å². The van der Waals surface area contributed by atoms with E-state index in [1.54, 1.807) is 12.2 Å². The predicted octanol–water partition coefficient (Wildman–Crippen LogP) is 5.24. The average Bonchev–Trinajstić information content (AvgIpc) is 3.33. The number of hydrogen-bond donors (Lipinski definition) is 3. The summed E-state index contributed by atoms with van der Waals surface area (Å²) in [6.45, 7) is 16.4. The first kappa shape index (κ1) is 23.4. The maximum Gasteiger partial charge on any atom is 0.253 e. The maximum atomic E-state index is 12.6. The van der Waals surface area contributed by atoms with Crippen LogP contribution in [0.2, 0.25) is 0 Å². The Morgan fingerprint density at radius 1 is 1.24 bits per heavy atom. The summed E-state index contributed by atoms with van der Waals surface area (Å²) < 4.78 is 5.84. The number of rotatable bonds is 8. The van der Waals surface area contributed by atoms with E-state index < -0.39 is 0 Å². The summed E-state index contributed by atoms with van der Waals surface area (Å²) in [4.78, 5) is 25.7. The Hall–Kier alpha value is -3.71. The van der Waals surface area contributed by atoms with Gasteiger partial charge >= 0.3 is 0 Å². The highest BCUT2D eigenvalue weighted by molar-refractivity contribution is 6.01. The second kappa shape index (κ2) is 9.27. The molecule has 0 fully saturated rings. The first-order valence-corrected chi connectivity index (χ1v) is 11.3. The first-order chi connectivity index (χ1) is 16.2. The summed E-state index contributed by atoms with van der Waals surface area (Å²) in [5, 5.41) is 6.42. The van der Waals surface area contributed by atoms with E-state index in [9.17, 15) is 4.79 Å². The number of nitrogens with one attached hydrogen (secondary N) is 3. The number of para-hydroxylation sites is 1. The van der Waals surface area contributed by atoms with Gasteiger partial charge in [0.2, 0.25) is 0 Å². The molecule has 4 rings (SSSR count). The topological polar surface area (TPSA) is 91.9 Å². The van der Waals surface area contributed by atoms with Crippen LogP contribution in [0.4, 0.5) is 5.82 Å². The van der Waals surface area contributed by atoms with Crippen molar-refractivity contribution in [2.24, 2.45) is 0 Å². The second-order valence-electron chi connectivity index (χ2n) is 9.44. The van der Waals surface area contributed by atoms with Crippen molar-refractivity contribution >= 4 is 22.8 Å². The molecular weight excluding hydrogens is 426 g/mol. The lowest BCUT2D eigenvalue weighted by molar-refractivity contribution is 0.0907. The van der Waals surface area contributed by atoms with Crippen LogP contribution in [0.3, 0.4) is 0 Å². The molecular formula is C27H31N5O2. The van der Waals surface area contributed by atoms with Crippen molar-refractivity contribution in [2.75, 3.05) is 18.5 Å². The number of ether oxygens (including phenoxy) is 1. The molecule has 2 aromatic heterocycles. The monoisotopic (exact) mass is 457 g/mol. The number of fused-ring (bicyclic) bond motifs is 2.